The first-order valence-electron chi connectivity index (χ1n) is 6.09. The minimum absolute atomic E-state index is 0.132. The van der Waals surface area contributed by atoms with Crippen molar-refractivity contribution in [2.24, 2.45) is 0 Å². The molecule has 96 valence electrons. The van der Waals surface area contributed by atoms with Gasteiger partial charge in [-0.3, -0.25) is 0 Å². The summed E-state index contributed by atoms with van der Waals surface area (Å²) in [7, 11) is 1.91. The van der Waals surface area contributed by atoms with Crippen LogP contribution < -0.4 is 5.32 Å². The zero-order valence-corrected chi connectivity index (χ0v) is 11.8. The summed E-state index contributed by atoms with van der Waals surface area (Å²) in [4.78, 5) is 1.33. The molecule has 0 aliphatic rings. The van der Waals surface area contributed by atoms with Crippen molar-refractivity contribution in [2.45, 2.75) is 37.1 Å². The number of benzene rings is 1. The van der Waals surface area contributed by atoms with Gasteiger partial charge >= 0.3 is 0 Å². The lowest BCUT2D eigenvalue weighted by Gasteiger charge is -2.26. The second-order valence-corrected chi connectivity index (χ2v) is 5.91. The summed E-state index contributed by atoms with van der Waals surface area (Å²) in [5, 5.41) is 12.4. The fraction of sp³-hybridized carbons (Fsp3) is 0.571. The quantitative estimate of drug-likeness (QED) is 0.579. The third kappa shape index (κ3) is 5.11. The van der Waals surface area contributed by atoms with Crippen molar-refractivity contribution in [1.82, 2.24) is 5.32 Å². The molecule has 0 radical (unpaired) electrons. The SMILES string of the molecule is CNC(C)(CO)CCCSc1cccc(C)c1. The van der Waals surface area contributed by atoms with Gasteiger partial charge in [-0.05, 0) is 51.6 Å². The van der Waals surface area contributed by atoms with Crippen LogP contribution in [0, 0.1) is 6.92 Å². The molecule has 17 heavy (non-hydrogen) atoms. The van der Waals surface area contributed by atoms with Gasteiger partial charge < -0.3 is 10.4 Å². The van der Waals surface area contributed by atoms with E-state index >= 15 is 0 Å². The van der Waals surface area contributed by atoms with Gasteiger partial charge in [0.2, 0.25) is 0 Å². The minimum atomic E-state index is -0.132. The first kappa shape index (κ1) is 14.6. The summed E-state index contributed by atoms with van der Waals surface area (Å²) < 4.78 is 0. The molecule has 1 rings (SSSR count). The van der Waals surface area contributed by atoms with Crippen LogP contribution in [0.4, 0.5) is 0 Å². The standard InChI is InChI=1S/C14H23NOS/c1-12-6-4-7-13(10-12)17-9-5-8-14(2,11-16)15-3/h4,6-7,10,15-16H,5,8-9,11H2,1-3H3. The van der Waals surface area contributed by atoms with Crippen LogP contribution in [0.1, 0.15) is 25.3 Å². The molecule has 0 saturated carbocycles. The van der Waals surface area contributed by atoms with Crippen molar-refractivity contribution in [3.05, 3.63) is 29.8 Å². The Kier molecular flexibility index (Phi) is 6.03. The van der Waals surface area contributed by atoms with Crippen molar-refractivity contribution < 1.29 is 5.11 Å². The van der Waals surface area contributed by atoms with Crippen molar-refractivity contribution in [1.29, 1.82) is 0 Å². The highest BCUT2D eigenvalue weighted by Gasteiger charge is 2.19. The summed E-state index contributed by atoms with van der Waals surface area (Å²) in [6.45, 7) is 4.37. The van der Waals surface area contributed by atoms with Gasteiger partial charge in [-0.15, -0.1) is 11.8 Å². The van der Waals surface area contributed by atoms with E-state index in [0.29, 0.717) is 0 Å². The normalized spacial score (nSPS) is 14.6. The molecule has 0 bridgehead atoms. The van der Waals surface area contributed by atoms with E-state index in [-0.39, 0.29) is 12.1 Å². The van der Waals surface area contributed by atoms with Gasteiger partial charge in [0.25, 0.3) is 0 Å². The summed E-state index contributed by atoms with van der Waals surface area (Å²) >= 11 is 1.89. The zero-order valence-electron chi connectivity index (χ0n) is 11.0. The van der Waals surface area contributed by atoms with Crippen LogP contribution in [-0.4, -0.2) is 30.1 Å². The van der Waals surface area contributed by atoms with Crippen molar-refractivity contribution in [3.8, 4) is 0 Å². The molecule has 0 spiro atoms. The Morgan fingerprint density at radius 3 is 2.76 bits per heavy atom. The summed E-state index contributed by atoms with van der Waals surface area (Å²) in [6, 6.07) is 8.59. The first-order chi connectivity index (χ1) is 8.09. The van der Waals surface area contributed by atoms with Crippen molar-refractivity contribution in [3.63, 3.8) is 0 Å². The maximum absolute atomic E-state index is 9.27. The number of hydrogen-bond acceptors (Lipinski definition) is 3. The van der Waals surface area contributed by atoms with E-state index in [1.54, 1.807) is 0 Å². The summed E-state index contributed by atoms with van der Waals surface area (Å²) in [5.74, 6) is 1.10. The van der Waals surface area contributed by atoms with Crippen LogP contribution in [0.3, 0.4) is 0 Å². The number of aliphatic hydroxyl groups is 1. The molecule has 0 aliphatic carbocycles. The highest BCUT2D eigenvalue weighted by atomic mass is 32.2. The van der Waals surface area contributed by atoms with E-state index in [0.717, 1.165) is 18.6 Å². The lowest BCUT2D eigenvalue weighted by Crippen LogP contribution is -2.43. The minimum Gasteiger partial charge on any atom is -0.394 e. The van der Waals surface area contributed by atoms with E-state index in [1.165, 1.54) is 10.5 Å². The van der Waals surface area contributed by atoms with Gasteiger partial charge in [-0.2, -0.15) is 0 Å². The van der Waals surface area contributed by atoms with Crippen molar-refractivity contribution >= 4 is 11.8 Å². The number of aliphatic hydroxyl groups excluding tert-OH is 1. The molecule has 2 N–H and O–H groups in total. The molecule has 0 amide bonds. The molecule has 0 saturated heterocycles. The molecular weight excluding hydrogens is 230 g/mol. The monoisotopic (exact) mass is 253 g/mol. The van der Waals surface area contributed by atoms with Crippen LogP contribution in [0.5, 0.6) is 0 Å². The van der Waals surface area contributed by atoms with Gasteiger partial charge in [0.15, 0.2) is 0 Å². The Bertz CT molecular complexity index is 337. The second kappa shape index (κ2) is 7.04. The Morgan fingerprint density at radius 1 is 1.41 bits per heavy atom. The Hall–Kier alpha value is -0.510. The van der Waals surface area contributed by atoms with Crippen LogP contribution in [0.2, 0.25) is 0 Å². The molecule has 1 unspecified atom stereocenters. The molecule has 1 aromatic rings. The molecule has 0 heterocycles. The van der Waals surface area contributed by atoms with Crippen LogP contribution >= 0.6 is 11.8 Å². The average molecular weight is 253 g/mol. The number of nitrogens with one attached hydrogen (secondary N) is 1. The third-order valence-corrected chi connectivity index (χ3v) is 4.16. The highest BCUT2D eigenvalue weighted by Crippen LogP contribution is 2.22. The van der Waals surface area contributed by atoms with Crippen LogP contribution in [0.25, 0.3) is 0 Å². The van der Waals surface area contributed by atoms with Crippen LogP contribution in [0.15, 0.2) is 29.2 Å². The number of hydrogen-bond donors (Lipinski definition) is 2. The van der Waals surface area contributed by atoms with E-state index < -0.39 is 0 Å². The highest BCUT2D eigenvalue weighted by molar-refractivity contribution is 7.99. The van der Waals surface area contributed by atoms with Gasteiger partial charge in [0, 0.05) is 10.4 Å². The fourth-order valence-corrected chi connectivity index (χ4v) is 2.61. The largest absolute Gasteiger partial charge is 0.394 e. The third-order valence-electron chi connectivity index (χ3n) is 3.08. The first-order valence-corrected chi connectivity index (χ1v) is 7.07. The van der Waals surface area contributed by atoms with E-state index in [2.05, 4.69) is 43.4 Å². The average Bonchev–Trinajstić information content (AvgIpc) is 2.34. The predicted molar refractivity (Wildman–Crippen MR) is 75.7 cm³/mol. The summed E-state index contributed by atoms with van der Waals surface area (Å²) in [6.07, 6.45) is 2.11. The molecule has 3 heteroatoms. The topological polar surface area (TPSA) is 32.3 Å². The van der Waals surface area contributed by atoms with Crippen molar-refractivity contribution in [2.75, 3.05) is 19.4 Å². The second-order valence-electron chi connectivity index (χ2n) is 4.74. The maximum atomic E-state index is 9.27. The Morgan fingerprint density at radius 2 is 2.18 bits per heavy atom. The molecule has 1 aromatic carbocycles. The van der Waals surface area contributed by atoms with Gasteiger partial charge in [0.1, 0.15) is 0 Å². The molecule has 0 fully saturated rings. The lowest BCUT2D eigenvalue weighted by atomic mass is 9.98. The Balaban J connectivity index is 2.29. The maximum Gasteiger partial charge on any atom is 0.0610 e. The Labute approximate surface area is 109 Å². The lowest BCUT2D eigenvalue weighted by molar-refractivity contribution is 0.173. The molecule has 0 aliphatic heterocycles. The molecule has 1 atom stereocenters. The predicted octanol–water partition coefficient (Wildman–Crippen LogP) is 2.84. The number of likely N-dealkylation sites (N-methyl/N-ethyl adjacent to an activating group) is 1. The van der Waals surface area contributed by atoms with Gasteiger partial charge in [-0.1, -0.05) is 17.7 Å². The van der Waals surface area contributed by atoms with E-state index in [4.69, 9.17) is 0 Å². The number of aryl methyl sites for hydroxylation is 1. The number of thioether (sulfide) groups is 1. The molecule has 0 aromatic heterocycles. The smallest absolute Gasteiger partial charge is 0.0610 e. The molecular formula is C14H23NOS. The van der Waals surface area contributed by atoms with Gasteiger partial charge in [0.05, 0.1) is 6.61 Å². The molecule has 2 nitrogen and oxygen atoms in total. The van der Waals surface area contributed by atoms with E-state index in [1.807, 2.05) is 18.8 Å². The van der Waals surface area contributed by atoms with Crippen LogP contribution in [-0.2, 0) is 0 Å². The fourth-order valence-electron chi connectivity index (χ4n) is 1.64. The summed E-state index contributed by atoms with van der Waals surface area (Å²) in [5.41, 5.74) is 1.18. The van der Waals surface area contributed by atoms with E-state index in [9.17, 15) is 5.11 Å². The number of rotatable bonds is 7. The zero-order chi connectivity index (χ0) is 12.7. The van der Waals surface area contributed by atoms with Gasteiger partial charge in [-0.25, -0.2) is 0 Å².